The van der Waals surface area contributed by atoms with Crippen molar-refractivity contribution in [3.8, 4) is 0 Å². The Morgan fingerprint density at radius 2 is 2.00 bits per heavy atom. The highest BCUT2D eigenvalue weighted by atomic mass is 35.5. The van der Waals surface area contributed by atoms with Crippen molar-refractivity contribution in [1.82, 2.24) is 20.2 Å². The highest BCUT2D eigenvalue weighted by molar-refractivity contribution is 6.30. The number of hydrogen-bond donors (Lipinski definition) is 2. The van der Waals surface area contributed by atoms with Crippen molar-refractivity contribution in [3.05, 3.63) is 46.7 Å². The van der Waals surface area contributed by atoms with Crippen LogP contribution in [0.4, 0.5) is 16.4 Å². The quantitative estimate of drug-likeness (QED) is 0.648. The summed E-state index contributed by atoms with van der Waals surface area (Å²) in [5.41, 5.74) is 1.75. The minimum Gasteiger partial charge on any atom is -0.441 e. The molecule has 3 heterocycles. The topological polar surface area (TPSA) is 99.7 Å². The van der Waals surface area contributed by atoms with E-state index in [9.17, 15) is 9.59 Å². The van der Waals surface area contributed by atoms with Crippen molar-refractivity contribution in [3.63, 3.8) is 0 Å². The lowest BCUT2D eigenvalue weighted by molar-refractivity contribution is -0.133. The number of aromatic nitrogens is 2. The molecule has 1 aromatic carbocycles. The second-order valence-electron chi connectivity index (χ2n) is 9.39. The molecule has 1 aromatic heterocycles. The number of cyclic esters (lactones) is 1. The standard InChI is InChI=1S/C24H29ClN6O3/c1-13(2)26-11-17(15-4-6-16(25)7-5-15)23(32)31-9-8-30(18-10-19(18)31)22-20-14(3)34-24(33)29-21(20)27-12-28-22/h4-7,12-14,17-19,26H,8-11H2,1-3H3,(H,27,28,29,33)/t14-,17+,18+,19-/m0/s1. The van der Waals surface area contributed by atoms with Crippen LogP contribution >= 0.6 is 11.6 Å². The van der Waals surface area contributed by atoms with Crippen LogP contribution in [0.25, 0.3) is 0 Å². The zero-order valence-corrected chi connectivity index (χ0v) is 20.2. The van der Waals surface area contributed by atoms with E-state index in [2.05, 4.69) is 39.3 Å². The normalized spacial score (nSPS) is 24.1. The largest absolute Gasteiger partial charge is 0.441 e. The summed E-state index contributed by atoms with van der Waals surface area (Å²) in [5, 5.41) is 6.75. The van der Waals surface area contributed by atoms with E-state index in [-0.39, 0.29) is 30.0 Å². The lowest BCUT2D eigenvalue weighted by Gasteiger charge is -2.38. The predicted octanol–water partition coefficient (Wildman–Crippen LogP) is 3.32. The third kappa shape index (κ3) is 4.30. The Morgan fingerprint density at radius 1 is 1.24 bits per heavy atom. The minimum absolute atomic E-state index is 0.134. The summed E-state index contributed by atoms with van der Waals surface area (Å²) in [6, 6.07) is 8.16. The number of fused-ring (bicyclic) bond motifs is 2. The molecule has 2 aromatic rings. The number of halogens is 1. The van der Waals surface area contributed by atoms with Gasteiger partial charge >= 0.3 is 6.09 Å². The molecule has 9 nitrogen and oxygen atoms in total. The number of anilines is 2. The van der Waals surface area contributed by atoms with Gasteiger partial charge in [-0.15, -0.1) is 0 Å². The van der Waals surface area contributed by atoms with Gasteiger partial charge in [-0.3, -0.25) is 10.1 Å². The molecule has 0 radical (unpaired) electrons. The van der Waals surface area contributed by atoms with Gasteiger partial charge in [0, 0.05) is 30.7 Å². The monoisotopic (exact) mass is 484 g/mol. The summed E-state index contributed by atoms with van der Waals surface area (Å²) in [5.74, 6) is 1.12. The summed E-state index contributed by atoms with van der Waals surface area (Å²) in [6.07, 6.45) is 1.41. The van der Waals surface area contributed by atoms with Gasteiger partial charge < -0.3 is 19.9 Å². The minimum atomic E-state index is -0.507. The molecule has 34 heavy (non-hydrogen) atoms. The average Bonchev–Trinajstić information content (AvgIpc) is 3.60. The van der Waals surface area contributed by atoms with Crippen LogP contribution in [-0.4, -0.2) is 64.6 Å². The molecular weight excluding hydrogens is 456 g/mol. The molecule has 3 aliphatic rings. The molecule has 2 amide bonds. The van der Waals surface area contributed by atoms with Crippen LogP contribution in [-0.2, 0) is 9.53 Å². The van der Waals surface area contributed by atoms with Crippen LogP contribution in [0.3, 0.4) is 0 Å². The zero-order chi connectivity index (χ0) is 24.0. The molecule has 0 bridgehead atoms. The highest BCUT2D eigenvalue weighted by Gasteiger charge is 2.52. The van der Waals surface area contributed by atoms with Crippen molar-refractivity contribution in [2.75, 3.05) is 29.9 Å². The van der Waals surface area contributed by atoms with E-state index in [1.165, 1.54) is 6.33 Å². The fourth-order valence-electron chi connectivity index (χ4n) is 4.95. The molecule has 0 spiro atoms. The number of ether oxygens (including phenoxy) is 1. The van der Waals surface area contributed by atoms with Crippen molar-refractivity contribution < 1.29 is 14.3 Å². The molecule has 10 heteroatoms. The Morgan fingerprint density at radius 3 is 2.74 bits per heavy atom. The number of hydrogen-bond acceptors (Lipinski definition) is 7. The van der Waals surface area contributed by atoms with E-state index in [0.717, 1.165) is 23.4 Å². The molecule has 2 N–H and O–H groups in total. The van der Waals surface area contributed by atoms with Crippen LogP contribution < -0.4 is 15.5 Å². The number of carbonyl (C=O) groups is 2. The fourth-order valence-corrected chi connectivity index (χ4v) is 5.08. The van der Waals surface area contributed by atoms with E-state index in [4.69, 9.17) is 16.3 Å². The Labute approximate surface area is 203 Å². The van der Waals surface area contributed by atoms with Gasteiger partial charge in [0.1, 0.15) is 24.1 Å². The predicted molar refractivity (Wildman–Crippen MR) is 129 cm³/mol. The van der Waals surface area contributed by atoms with E-state index in [0.29, 0.717) is 30.5 Å². The van der Waals surface area contributed by atoms with E-state index < -0.39 is 12.2 Å². The van der Waals surface area contributed by atoms with Crippen molar-refractivity contribution in [1.29, 1.82) is 0 Å². The van der Waals surface area contributed by atoms with Crippen LogP contribution in [0.1, 0.15) is 50.3 Å². The number of amides is 2. The second kappa shape index (κ2) is 9.03. The third-order valence-electron chi connectivity index (χ3n) is 6.74. The molecule has 4 atom stereocenters. The SMILES string of the molecule is CC(C)NC[C@@H](C(=O)N1CCN(c2ncnc3c2[C@H](C)OC(=O)N3)[C@@H]2C[C@@H]21)c1ccc(Cl)cc1. The van der Waals surface area contributed by atoms with Crippen molar-refractivity contribution >= 4 is 35.2 Å². The molecular formula is C24H29ClN6O3. The van der Waals surface area contributed by atoms with Gasteiger partial charge in [0.25, 0.3) is 0 Å². The number of benzene rings is 1. The maximum Gasteiger partial charge on any atom is 0.413 e. The number of nitrogens with one attached hydrogen (secondary N) is 2. The fraction of sp³-hybridized carbons (Fsp3) is 0.500. The highest BCUT2D eigenvalue weighted by Crippen LogP contribution is 2.44. The van der Waals surface area contributed by atoms with Crippen LogP contribution in [0, 0.1) is 0 Å². The molecule has 1 saturated carbocycles. The van der Waals surface area contributed by atoms with E-state index in [1.807, 2.05) is 36.1 Å². The third-order valence-corrected chi connectivity index (χ3v) is 6.99. The maximum absolute atomic E-state index is 13.7. The lowest BCUT2D eigenvalue weighted by Crippen LogP contribution is -2.51. The summed E-state index contributed by atoms with van der Waals surface area (Å²) in [4.78, 5) is 38.5. The molecule has 1 saturated heterocycles. The summed E-state index contributed by atoms with van der Waals surface area (Å²) in [7, 11) is 0. The molecule has 180 valence electrons. The van der Waals surface area contributed by atoms with Crippen molar-refractivity contribution in [2.45, 2.75) is 57.3 Å². The van der Waals surface area contributed by atoms with E-state index >= 15 is 0 Å². The zero-order valence-electron chi connectivity index (χ0n) is 19.5. The Balaban J connectivity index is 1.35. The number of nitrogens with zero attached hydrogens (tertiary/aromatic N) is 4. The first-order valence-corrected chi connectivity index (χ1v) is 12.1. The maximum atomic E-state index is 13.7. The summed E-state index contributed by atoms with van der Waals surface area (Å²) < 4.78 is 5.35. The Kier molecular flexibility index (Phi) is 6.07. The van der Waals surface area contributed by atoms with Crippen LogP contribution in [0.2, 0.25) is 5.02 Å². The first-order valence-electron chi connectivity index (χ1n) is 11.7. The Bertz CT molecular complexity index is 1090. The van der Waals surface area contributed by atoms with Gasteiger partial charge in [-0.05, 0) is 31.0 Å². The first kappa shape index (κ1) is 22.9. The van der Waals surface area contributed by atoms with E-state index in [1.54, 1.807) is 0 Å². The summed E-state index contributed by atoms with van der Waals surface area (Å²) in [6.45, 7) is 7.81. The van der Waals surface area contributed by atoms with Crippen molar-refractivity contribution in [2.24, 2.45) is 0 Å². The molecule has 2 aliphatic heterocycles. The van der Waals surface area contributed by atoms with Gasteiger partial charge in [0.05, 0.1) is 23.6 Å². The smallest absolute Gasteiger partial charge is 0.413 e. The van der Waals surface area contributed by atoms with Gasteiger partial charge in [-0.25, -0.2) is 14.8 Å². The van der Waals surface area contributed by atoms with Gasteiger partial charge in [0.15, 0.2) is 0 Å². The molecule has 1 aliphatic carbocycles. The first-order chi connectivity index (χ1) is 16.3. The Hall–Kier alpha value is -2.91. The number of carbonyl (C=O) groups excluding carboxylic acids is 2. The van der Waals surface area contributed by atoms with Crippen LogP contribution in [0.15, 0.2) is 30.6 Å². The van der Waals surface area contributed by atoms with Gasteiger partial charge in [-0.2, -0.15) is 0 Å². The average molecular weight is 485 g/mol. The molecule has 2 fully saturated rings. The second-order valence-corrected chi connectivity index (χ2v) is 9.83. The summed E-state index contributed by atoms with van der Waals surface area (Å²) >= 11 is 6.09. The van der Waals surface area contributed by atoms with Gasteiger partial charge in [0.2, 0.25) is 5.91 Å². The molecule has 5 rings (SSSR count). The van der Waals surface area contributed by atoms with Gasteiger partial charge in [-0.1, -0.05) is 37.6 Å². The lowest BCUT2D eigenvalue weighted by atomic mass is 9.96. The number of piperazine rings is 1. The van der Waals surface area contributed by atoms with Crippen LogP contribution in [0.5, 0.6) is 0 Å². The molecule has 0 unspecified atom stereocenters. The number of rotatable bonds is 6.